The van der Waals surface area contributed by atoms with Crippen molar-refractivity contribution in [3.8, 4) is 0 Å². The van der Waals surface area contributed by atoms with E-state index in [-0.39, 0.29) is 24.0 Å². The molecule has 6 nitrogen and oxygen atoms in total. The highest BCUT2D eigenvalue weighted by Crippen LogP contribution is 2.16. The minimum atomic E-state index is 0. The van der Waals surface area contributed by atoms with Gasteiger partial charge in [-0.1, -0.05) is 37.3 Å². The summed E-state index contributed by atoms with van der Waals surface area (Å²) < 4.78 is 0. The van der Waals surface area contributed by atoms with E-state index >= 15 is 0 Å². The molecule has 2 saturated heterocycles. The van der Waals surface area contributed by atoms with Gasteiger partial charge in [-0.25, -0.2) is 0 Å². The molecule has 0 amide bonds. The summed E-state index contributed by atoms with van der Waals surface area (Å²) in [5.41, 5.74) is 7.46. The number of unbranched alkanes of at least 4 members (excludes halogenated alkanes) is 1. The van der Waals surface area contributed by atoms with Crippen LogP contribution in [0.1, 0.15) is 38.2 Å². The lowest BCUT2D eigenvalue weighted by Crippen LogP contribution is -2.46. The van der Waals surface area contributed by atoms with Crippen LogP contribution in [-0.2, 0) is 6.54 Å². The molecule has 0 radical (unpaired) electrons. The minimum absolute atomic E-state index is 0. The SMILES string of the molecule is CCN1CCCC1CN=C(N)NCCCCN1CCN(Cc2ccccc2)CC1.I. The van der Waals surface area contributed by atoms with E-state index < -0.39 is 0 Å². The number of hydrogen-bond acceptors (Lipinski definition) is 4. The molecule has 1 unspecified atom stereocenters. The van der Waals surface area contributed by atoms with Gasteiger partial charge in [-0.05, 0) is 50.9 Å². The first-order valence-corrected chi connectivity index (χ1v) is 11.5. The van der Waals surface area contributed by atoms with Crippen LogP contribution in [-0.4, -0.2) is 85.6 Å². The third-order valence-electron chi connectivity index (χ3n) is 6.30. The molecule has 0 saturated carbocycles. The maximum absolute atomic E-state index is 6.05. The average molecular weight is 529 g/mol. The molecule has 2 fully saturated rings. The van der Waals surface area contributed by atoms with E-state index in [2.05, 4.69) is 62.3 Å². The molecule has 1 aromatic rings. The van der Waals surface area contributed by atoms with Crippen molar-refractivity contribution in [2.24, 2.45) is 10.7 Å². The monoisotopic (exact) mass is 528 g/mol. The molecule has 0 aliphatic carbocycles. The van der Waals surface area contributed by atoms with Gasteiger partial charge in [-0.15, -0.1) is 24.0 Å². The van der Waals surface area contributed by atoms with Gasteiger partial charge in [0, 0.05) is 45.3 Å². The summed E-state index contributed by atoms with van der Waals surface area (Å²) in [7, 11) is 0. The van der Waals surface area contributed by atoms with Gasteiger partial charge in [0.05, 0.1) is 6.54 Å². The number of hydrogen-bond donors (Lipinski definition) is 2. The van der Waals surface area contributed by atoms with Crippen LogP contribution in [0.15, 0.2) is 35.3 Å². The molecule has 0 aromatic heterocycles. The van der Waals surface area contributed by atoms with Crippen LogP contribution in [0.5, 0.6) is 0 Å². The van der Waals surface area contributed by atoms with E-state index in [1.54, 1.807) is 0 Å². The van der Waals surface area contributed by atoms with Crippen LogP contribution in [0.2, 0.25) is 0 Å². The summed E-state index contributed by atoms with van der Waals surface area (Å²) in [6, 6.07) is 11.4. The summed E-state index contributed by atoms with van der Waals surface area (Å²) in [6.07, 6.45) is 4.90. The standard InChI is InChI=1S/C23H40N6.HI/c1-2-29-14-8-11-22(29)19-26-23(24)25-12-6-7-13-27-15-17-28(18-16-27)20-21-9-4-3-5-10-21;/h3-5,9-10,22H,2,6-8,11-20H2,1H3,(H3,24,25,26);1H. The molecule has 1 atom stereocenters. The second kappa shape index (κ2) is 14.2. The van der Waals surface area contributed by atoms with E-state index in [1.165, 1.54) is 64.1 Å². The van der Waals surface area contributed by atoms with Gasteiger partial charge in [0.15, 0.2) is 5.96 Å². The van der Waals surface area contributed by atoms with Crippen LogP contribution >= 0.6 is 24.0 Å². The number of aliphatic imine (C=N–C) groups is 1. The van der Waals surface area contributed by atoms with Gasteiger partial charge in [-0.3, -0.25) is 14.8 Å². The third-order valence-corrected chi connectivity index (χ3v) is 6.30. The Morgan fingerprint density at radius 1 is 1.07 bits per heavy atom. The molecule has 3 rings (SSSR count). The van der Waals surface area contributed by atoms with Crippen LogP contribution < -0.4 is 11.1 Å². The van der Waals surface area contributed by atoms with Crippen LogP contribution in [0, 0.1) is 0 Å². The zero-order chi connectivity index (χ0) is 20.3. The van der Waals surface area contributed by atoms with Crippen molar-refractivity contribution in [2.45, 2.75) is 45.2 Å². The van der Waals surface area contributed by atoms with Crippen molar-refractivity contribution in [3.05, 3.63) is 35.9 Å². The van der Waals surface area contributed by atoms with Crippen LogP contribution in [0.4, 0.5) is 0 Å². The minimum Gasteiger partial charge on any atom is -0.370 e. The Balaban J connectivity index is 0.00000320. The number of likely N-dealkylation sites (N-methyl/N-ethyl adjacent to an activating group) is 1. The zero-order valence-corrected chi connectivity index (χ0v) is 21.0. The van der Waals surface area contributed by atoms with Gasteiger partial charge in [0.2, 0.25) is 0 Å². The Morgan fingerprint density at radius 2 is 1.80 bits per heavy atom. The average Bonchev–Trinajstić information content (AvgIpc) is 3.21. The number of guanidine groups is 1. The summed E-state index contributed by atoms with van der Waals surface area (Å²) in [5, 5.41) is 3.29. The van der Waals surface area contributed by atoms with Crippen molar-refractivity contribution in [3.63, 3.8) is 0 Å². The number of benzene rings is 1. The largest absolute Gasteiger partial charge is 0.370 e. The van der Waals surface area contributed by atoms with E-state index in [9.17, 15) is 0 Å². The molecule has 0 spiro atoms. The van der Waals surface area contributed by atoms with Crippen molar-refractivity contribution in [1.29, 1.82) is 0 Å². The molecule has 7 heteroatoms. The lowest BCUT2D eigenvalue weighted by molar-refractivity contribution is 0.126. The summed E-state index contributed by atoms with van der Waals surface area (Å²) in [5.74, 6) is 0.613. The fourth-order valence-electron chi connectivity index (χ4n) is 4.47. The summed E-state index contributed by atoms with van der Waals surface area (Å²) in [6.45, 7) is 13.3. The Hall–Kier alpha value is -0.900. The topological polar surface area (TPSA) is 60.1 Å². The predicted molar refractivity (Wildman–Crippen MR) is 138 cm³/mol. The fraction of sp³-hybridized carbons (Fsp3) is 0.696. The number of rotatable bonds is 10. The van der Waals surface area contributed by atoms with Gasteiger partial charge < -0.3 is 16.0 Å². The second-order valence-corrected chi connectivity index (χ2v) is 8.39. The first-order valence-electron chi connectivity index (χ1n) is 11.5. The number of halogens is 1. The molecule has 2 aliphatic heterocycles. The summed E-state index contributed by atoms with van der Waals surface area (Å²) in [4.78, 5) is 12.2. The molecule has 170 valence electrons. The molecule has 0 bridgehead atoms. The highest BCUT2D eigenvalue weighted by atomic mass is 127. The number of nitrogens with one attached hydrogen (secondary N) is 1. The quantitative estimate of drug-likeness (QED) is 0.212. The van der Waals surface area contributed by atoms with E-state index in [4.69, 9.17) is 5.73 Å². The highest BCUT2D eigenvalue weighted by Gasteiger charge is 2.22. The lowest BCUT2D eigenvalue weighted by Gasteiger charge is -2.34. The summed E-state index contributed by atoms with van der Waals surface area (Å²) >= 11 is 0. The van der Waals surface area contributed by atoms with Crippen molar-refractivity contribution >= 4 is 29.9 Å². The number of nitrogens with two attached hydrogens (primary N) is 1. The van der Waals surface area contributed by atoms with Gasteiger partial charge in [0.25, 0.3) is 0 Å². The Bertz CT molecular complexity index is 603. The third kappa shape index (κ3) is 8.69. The van der Waals surface area contributed by atoms with E-state index in [0.717, 1.165) is 32.6 Å². The Morgan fingerprint density at radius 3 is 2.53 bits per heavy atom. The number of piperazine rings is 1. The molecular formula is C23H41IN6. The van der Waals surface area contributed by atoms with Crippen molar-refractivity contribution in [1.82, 2.24) is 20.0 Å². The molecule has 2 heterocycles. The van der Waals surface area contributed by atoms with Crippen LogP contribution in [0.25, 0.3) is 0 Å². The second-order valence-electron chi connectivity index (χ2n) is 8.39. The van der Waals surface area contributed by atoms with Crippen LogP contribution in [0.3, 0.4) is 0 Å². The normalized spacial score (nSPS) is 21.5. The maximum atomic E-state index is 6.05. The van der Waals surface area contributed by atoms with Crippen molar-refractivity contribution in [2.75, 3.05) is 58.9 Å². The first kappa shape index (κ1) is 25.4. The maximum Gasteiger partial charge on any atom is 0.188 e. The van der Waals surface area contributed by atoms with Crippen molar-refractivity contribution < 1.29 is 0 Å². The molecular weight excluding hydrogens is 487 g/mol. The number of nitrogens with zero attached hydrogens (tertiary/aromatic N) is 4. The van der Waals surface area contributed by atoms with E-state index in [0.29, 0.717) is 12.0 Å². The Labute approximate surface area is 200 Å². The predicted octanol–water partition coefficient (Wildman–Crippen LogP) is 2.59. The first-order chi connectivity index (χ1) is 14.2. The molecule has 3 N–H and O–H groups in total. The smallest absolute Gasteiger partial charge is 0.188 e. The van der Waals surface area contributed by atoms with Gasteiger partial charge in [0.1, 0.15) is 0 Å². The molecule has 30 heavy (non-hydrogen) atoms. The molecule has 2 aliphatic rings. The zero-order valence-electron chi connectivity index (χ0n) is 18.6. The highest BCUT2D eigenvalue weighted by molar-refractivity contribution is 14.0. The molecule has 1 aromatic carbocycles. The van der Waals surface area contributed by atoms with E-state index in [1.807, 2.05) is 0 Å². The lowest BCUT2D eigenvalue weighted by atomic mass is 10.2. The van der Waals surface area contributed by atoms with Gasteiger partial charge in [-0.2, -0.15) is 0 Å². The number of likely N-dealkylation sites (tertiary alicyclic amines) is 1. The Kier molecular flexibility index (Phi) is 12.0. The fourth-order valence-corrected chi connectivity index (χ4v) is 4.47. The van der Waals surface area contributed by atoms with Gasteiger partial charge >= 0.3 is 0 Å².